The van der Waals surface area contributed by atoms with Gasteiger partial charge in [0.2, 0.25) is 0 Å². The number of hydrogen-bond acceptors (Lipinski definition) is 5. The first kappa shape index (κ1) is 11.9. The molecule has 19 heavy (non-hydrogen) atoms. The quantitative estimate of drug-likeness (QED) is 0.840. The second-order valence-electron chi connectivity index (χ2n) is 4.73. The number of aryl methyl sites for hydroxylation is 1. The average molecular weight is 260 g/mol. The maximum absolute atomic E-state index is 12.1. The number of rotatable bonds is 5. The van der Waals surface area contributed by atoms with E-state index >= 15 is 0 Å². The van der Waals surface area contributed by atoms with Crippen LogP contribution in [0, 0.1) is 0 Å². The number of hydrogen-bond donors (Lipinski definition) is 1. The summed E-state index contributed by atoms with van der Waals surface area (Å²) in [4.78, 5) is 20.3. The highest BCUT2D eigenvalue weighted by molar-refractivity contribution is 5.31. The fourth-order valence-corrected chi connectivity index (χ4v) is 1.98. The largest absolute Gasteiger partial charge is 0.365 e. The van der Waals surface area contributed by atoms with Crippen LogP contribution in [0.5, 0.6) is 0 Å². The monoisotopic (exact) mass is 260 g/mol. The summed E-state index contributed by atoms with van der Waals surface area (Å²) < 4.78 is 3.42. The molecule has 2 aromatic heterocycles. The van der Waals surface area contributed by atoms with Crippen molar-refractivity contribution < 1.29 is 0 Å². The zero-order chi connectivity index (χ0) is 13.2. The normalized spacial score (nSPS) is 14.6. The van der Waals surface area contributed by atoms with Crippen LogP contribution in [0.3, 0.4) is 0 Å². The fraction of sp³-hybridized carbons (Fsp3) is 0.500. The summed E-state index contributed by atoms with van der Waals surface area (Å²) in [6.45, 7) is 0.598. The van der Waals surface area contributed by atoms with Crippen molar-refractivity contribution in [3.8, 4) is 0 Å². The molecule has 0 aliphatic heterocycles. The summed E-state index contributed by atoms with van der Waals surface area (Å²) in [6, 6.07) is 0.369. The van der Waals surface area contributed by atoms with Crippen LogP contribution in [0.2, 0.25) is 0 Å². The van der Waals surface area contributed by atoms with E-state index in [1.54, 1.807) is 28.0 Å². The fourth-order valence-electron chi connectivity index (χ4n) is 1.98. The Kier molecular flexibility index (Phi) is 3.02. The van der Waals surface area contributed by atoms with E-state index in [9.17, 15) is 4.79 Å². The van der Waals surface area contributed by atoms with Crippen molar-refractivity contribution in [1.29, 1.82) is 0 Å². The molecule has 0 saturated heterocycles. The van der Waals surface area contributed by atoms with Gasteiger partial charge in [0.15, 0.2) is 11.6 Å². The number of nitrogens with zero attached hydrogens (tertiary/aromatic N) is 5. The van der Waals surface area contributed by atoms with Crippen molar-refractivity contribution in [1.82, 2.24) is 24.3 Å². The molecule has 0 aromatic carbocycles. The molecule has 1 aliphatic carbocycles. The molecule has 3 rings (SSSR count). The molecule has 7 heteroatoms. The molecule has 1 fully saturated rings. The van der Waals surface area contributed by atoms with Gasteiger partial charge >= 0.3 is 0 Å². The molecule has 1 saturated carbocycles. The van der Waals surface area contributed by atoms with E-state index in [-0.39, 0.29) is 5.56 Å². The second kappa shape index (κ2) is 4.83. The molecule has 1 N–H and O–H groups in total. The lowest BCUT2D eigenvalue weighted by Crippen LogP contribution is -2.24. The van der Waals surface area contributed by atoms with E-state index in [1.807, 2.05) is 7.05 Å². The van der Waals surface area contributed by atoms with Crippen LogP contribution < -0.4 is 10.9 Å². The molecule has 0 amide bonds. The highest BCUT2D eigenvalue weighted by Crippen LogP contribution is 2.33. The van der Waals surface area contributed by atoms with Crippen molar-refractivity contribution in [3.63, 3.8) is 0 Å². The SMILES string of the molecule is Cn1cnc(CCNc2nccn(C3CC3)c2=O)n1. The van der Waals surface area contributed by atoms with Crippen LogP contribution in [0.15, 0.2) is 23.5 Å². The first-order valence-electron chi connectivity index (χ1n) is 6.39. The zero-order valence-corrected chi connectivity index (χ0v) is 10.8. The van der Waals surface area contributed by atoms with E-state index in [2.05, 4.69) is 20.4 Å². The molecule has 2 aromatic rings. The molecule has 0 bridgehead atoms. The third kappa shape index (κ3) is 2.64. The van der Waals surface area contributed by atoms with E-state index in [0.29, 0.717) is 24.8 Å². The first-order chi connectivity index (χ1) is 9.24. The molecule has 2 heterocycles. The minimum Gasteiger partial charge on any atom is -0.365 e. The molecular formula is C12H16N6O. The number of aromatic nitrogens is 5. The lowest BCUT2D eigenvalue weighted by atomic mass is 10.4. The lowest BCUT2D eigenvalue weighted by molar-refractivity contribution is 0.698. The summed E-state index contributed by atoms with van der Waals surface area (Å²) in [7, 11) is 1.83. The summed E-state index contributed by atoms with van der Waals surface area (Å²) in [5.41, 5.74) is -0.0426. The van der Waals surface area contributed by atoms with Crippen LogP contribution in [0.25, 0.3) is 0 Å². The van der Waals surface area contributed by atoms with Crippen LogP contribution >= 0.6 is 0 Å². The number of anilines is 1. The van der Waals surface area contributed by atoms with Gasteiger partial charge in [0.25, 0.3) is 5.56 Å². The molecule has 0 atom stereocenters. The Hall–Kier alpha value is -2.18. The Morgan fingerprint density at radius 3 is 2.95 bits per heavy atom. The standard InChI is InChI=1S/C12H16N6O/c1-17-8-15-10(16-17)4-5-13-11-12(19)18(7-6-14-11)9-2-3-9/h6-9H,2-5H2,1H3,(H,13,14). The summed E-state index contributed by atoms with van der Waals surface area (Å²) in [5, 5.41) is 7.24. The minimum absolute atomic E-state index is 0.0426. The van der Waals surface area contributed by atoms with E-state index in [4.69, 9.17) is 0 Å². The highest BCUT2D eigenvalue weighted by atomic mass is 16.1. The van der Waals surface area contributed by atoms with Gasteiger partial charge < -0.3 is 9.88 Å². The minimum atomic E-state index is -0.0426. The zero-order valence-electron chi connectivity index (χ0n) is 10.8. The van der Waals surface area contributed by atoms with Crippen molar-refractivity contribution in [3.05, 3.63) is 34.9 Å². The smallest absolute Gasteiger partial charge is 0.293 e. The Labute approximate surface area is 110 Å². The molecule has 7 nitrogen and oxygen atoms in total. The van der Waals surface area contributed by atoms with Gasteiger partial charge in [-0.25, -0.2) is 9.97 Å². The van der Waals surface area contributed by atoms with Gasteiger partial charge in [0, 0.05) is 38.4 Å². The average Bonchev–Trinajstić information content (AvgIpc) is 3.15. The van der Waals surface area contributed by atoms with Crippen LogP contribution in [0.1, 0.15) is 24.7 Å². The van der Waals surface area contributed by atoms with Crippen molar-refractivity contribution in [2.24, 2.45) is 7.05 Å². The number of nitrogens with one attached hydrogen (secondary N) is 1. The van der Waals surface area contributed by atoms with Gasteiger partial charge in [0.1, 0.15) is 6.33 Å². The Morgan fingerprint density at radius 1 is 1.42 bits per heavy atom. The molecule has 1 aliphatic rings. The summed E-state index contributed by atoms with van der Waals surface area (Å²) in [6.07, 6.45) is 7.92. The second-order valence-corrected chi connectivity index (χ2v) is 4.73. The molecule has 0 unspecified atom stereocenters. The maximum Gasteiger partial charge on any atom is 0.293 e. The van der Waals surface area contributed by atoms with Gasteiger partial charge in [-0.05, 0) is 12.8 Å². The van der Waals surface area contributed by atoms with E-state index in [1.165, 1.54) is 0 Å². The van der Waals surface area contributed by atoms with Gasteiger partial charge in [-0.3, -0.25) is 9.48 Å². The van der Waals surface area contributed by atoms with Crippen LogP contribution in [-0.2, 0) is 13.5 Å². The lowest BCUT2D eigenvalue weighted by Gasteiger charge is -2.07. The summed E-state index contributed by atoms with van der Waals surface area (Å²) >= 11 is 0. The van der Waals surface area contributed by atoms with E-state index in [0.717, 1.165) is 18.7 Å². The van der Waals surface area contributed by atoms with Gasteiger partial charge in [-0.2, -0.15) is 5.10 Å². The van der Waals surface area contributed by atoms with Crippen LogP contribution in [0.4, 0.5) is 5.82 Å². The molecule has 0 spiro atoms. The van der Waals surface area contributed by atoms with Crippen molar-refractivity contribution in [2.75, 3.05) is 11.9 Å². The molecule has 100 valence electrons. The van der Waals surface area contributed by atoms with Gasteiger partial charge in [-0.1, -0.05) is 0 Å². The Bertz CT molecular complexity index is 627. The molecular weight excluding hydrogens is 244 g/mol. The molecule has 0 radical (unpaired) electrons. The van der Waals surface area contributed by atoms with Gasteiger partial charge in [-0.15, -0.1) is 0 Å². The Morgan fingerprint density at radius 2 is 2.26 bits per heavy atom. The Balaban J connectivity index is 1.63. The first-order valence-corrected chi connectivity index (χ1v) is 6.39. The van der Waals surface area contributed by atoms with Gasteiger partial charge in [0.05, 0.1) is 0 Å². The summed E-state index contributed by atoms with van der Waals surface area (Å²) in [5.74, 6) is 1.17. The third-order valence-corrected chi connectivity index (χ3v) is 3.10. The topological polar surface area (TPSA) is 77.6 Å². The van der Waals surface area contributed by atoms with E-state index < -0.39 is 0 Å². The van der Waals surface area contributed by atoms with Crippen LogP contribution in [-0.4, -0.2) is 30.9 Å². The van der Waals surface area contributed by atoms with Crippen molar-refractivity contribution >= 4 is 5.82 Å². The maximum atomic E-state index is 12.1. The third-order valence-electron chi connectivity index (χ3n) is 3.10. The predicted molar refractivity (Wildman–Crippen MR) is 70.0 cm³/mol. The predicted octanol–water partition coefficient (Wildman–Crippen LogP) is 0.361. The highest BCUT2D eigenvalue weighted by Gasteiger charge is 2.25. The van der Waals surface area contributed by atoms with Crippen molar-refractivity contribution in [2.45, 2.75) is 25.3 Å².